The maximum atomic E-state index is 5.55. The summed E-state index contributed by atoms with van der Waals surface area (Å²) in [6, 6.07) is 9.62. The third kappa shape index (κ3) is 2.14. The maximum absolute atomic E-state index is 5.55. The lowest BCUT2D eigenvalue weighted by Crippen LogP contribution is -1.91. The van der Waals surface area contributed by atoms with Crippen LogP contribution in [0.15, 0.2) is 47.9 Å². The second-order valence-electron chi connectivity index (χ2n) is 3.79. The summed E-state index contributed by atoms with van der Waals surface area (Å²) in [4.78, 5) is 4.06. The van der Waals surface area contributed by atoms with Gasteiger partial charge in [0.15, 0.2) is 10.8 Å². The van der Waals surface area contributed by atoms with E-state index in [0.29, 0.717) is 5.82 Å². The zero-order valence-electron chi connectivity index (χ0n) is 9.52. The number of fused-ring (bicyclic) bond motifs is 1. The van der Waals surface area contributed by atoms with Gasteiger partial charge in [0.2, 0.25) is 0 Å². The predicted octanol–water partition coefficient (Wildman–Crippen LogP) is 2.00. The maximum Gasteiger partial charge on any atom is 0.195 e. The minimum Gasteiger partial charge on any atom is -0.384 e. The number of nitrogen functional groups attached to an aromatic ring is 1. The SMILES string of the molecule is Nc1ccc(CSc2nnc3ccccn23)cn1. The van der Waals surface area contributed by atoms with Gasteiger partial charge in [-0.25, -0.2) is 4.98 Å². The fourth-order valence-electron chi connectivity index (χ4n) is 1.59. The Kier molecular flexibility index (Phi) is 2.85. The molecule has 0 atom stereocenters. The van der Waals surface area contributed by atoms with Gasteiger partial charge in [-0.2, -0.15) is 0 Å². The van der Waals surface area contributed by atoms with Crippen molar-refractivity contribution in [3.8, 4) is 0 Å². The van der Waals surface area contributed by atoms with Crippen molar-refractivity contribution in [3.63, 3.8) is 0 Å². The lowest BCUT2D eigenvalue weighted by atomic mass is 10.3. The molecule has 3 heterocycles. The molecule has 3 rings (SSSR count). The molecule has 0 amide bonds. The van der Waals surface area contributed by atoms with Crippen LogP contribution in [0.5, 0.6) is 0 Å². The number of hydrogen-bond acceptors (Lipinski definition) is 5. The van der Waals surface area contributed by atoms with Crippen molar-refractivity contribution in [2.75, 3.05) is 5.73 Å². The summed E-state index contributed by atoms with van der Waals surface area (Å²) < 4.78 is 1.97. The number of nitrogens with two attached hydrogens (primary N) is 1. The van der Waals surface area contributed by atoms with E-state index in [1.165, 1.54) is 0 Å². The topological polar surface area (TPSA) is 69.1 Å². The summed E-state index contributed by atoms with van der Waals surface area (Å²) in [5.74, 6) is 1.33. The second kappa shape index (κ2) is 4.66. The molecule has 0 bridgehead atoms. The molecule has 0 saturated carbocycles. The molecule has 3 aromatic heterocycles. The fraction of sp³-hybridized carbons (Fsp3) is 0.0833. The number of rotatable bonds is 3. The van der Waals surface area contributed by atoms with Crippen molar-refractivity contribution in [1.29, 1.82) is 0 Å². The van der Waals surface area contributed by atoms with E-state index in [4.69, 9.17) is 5.73 Å². The molecule has 0 aromatic carbocycles. The quantitative estimate of drug-likeness (QED) is 0.727. The molecule has 6 heteroatoms. The molecule has 0 aliphatic carbocycles. The molecule has 0 saturated heterocycles. The van der Waals surface area contributed by atoms with Crippen molar-refractivity contribution in [2.24, 2.45) is 0 Å². The van der Waals surface area contributed by atoms with Gasteiger partial charge in [-0.05, 0) is 23.8 Å². The van der Waals surface area contributed by atoms with Gasteiger partial charge in [-0.1, -0.05) is 23.9 Å². The van der Waals surface area contributed by atoms with Crippen LogP contribution in [0.3, 0.4) is 0 Å². The van der Waals surface area contributed by atoms with Crippen LogP contribution in [0.1, 0.15) is 5.56 Å². The molecule has 0 aliphatic rings. The Morgan fingerprint density at radius 2 is 2.11 bits per heavy atom. The van der Waals surface area contributed by atoms with E-state index in [1.807, 2.05) is 34.9 Å². The molecule has 3 aromatic rings. The molecular weight excluding hydrogens is 246 g/mol. The first kappa shape index (κ1) is 11.0. The standard InChI is InChI=1S/C12H11N5S/c13-10-5-4-9(7-14-10)8-18-12-16-15-11-3-1-2-6-17(11)12/h1-7H,8H2,(H2,13,14). The van der Waals surface area contributed by atoms with Gasteiger partial charge >= 0.3 is 0 Å². The van der Waals surface area contributed by atoms with E-state index in [1.54, 1.807) is 24.0 Å². The monoisotopic (exact) mass is 257 g/mol. The number of anilines is 1. The van der Waals surface area contributed by atoms with E-state index in [9.17, 15) is 0 Å². The fourth-order valence-corrected chi connectivity index (χ4v) is 2.45. The Balaban J connectivity index is 1.79. The predicted molar refractivity (Wildman–Crippen MR) is 71.2 cm³/mol. The number of hydrogen-bond donors (Lipinski definition) is 1. The van der Waals surface area contributed by atoms with Crippen LogP contribution in [0.2, 0.25) is 0 Å². The highest BCUT2D eigenvalue weighted by atomic mass is 32.2. The van der Waals surface area contributed by atoms with Crippen molar-refractivity contribution in [1.82, 2.24) is 19.6 Å². The first-order chi connectivity index (χ1) is 8.83. The Morgan fingerprint density at radius 1 is 1.17 bits per heavy atom. The molecule has 0 fully saturated rings. The van der Waals surface area contributed by atoms with Gasteiger partial charge in [0, 0.05) is 18.1 Å². The van der Waals surface area contributed by atoms with Crippen molar-refractivity contribution >= 4 is 23.2 Å². The highest BCUT2D eigenvalue weighted by Gasteiger charge is 2.05. The molecule has 5 nitrogen and oxygen atoms in total. The van der Waals surface area contributed by atoms with Crippen LogP contribution in [0, 0.1) is 0 Å². The van der Waals surface area contributed by atoms with E-state index >= 15 is 0 Å². The highest BCUT2D eigenvalue weighted by molar-refractivity contribution is 7.98. The smallest absolute Gasteiger partial charge is 0.195 e. The molecule has 0 spiro atoms. The number of nitrogens with zero attached hydrogens (tertiary/aromatic N) is 4. The number of pyridine rings is 2. The summed E-state index contributed by atoms with van der Waals surface area (Å²) in [7, 11) is 0. The lowest BCUT2D eigenvalue weighted by molar-refractivity contribution is 0.921. The normalized spacial score (nSPS) is 10.9. The number of aromatic nitrogens is 4. The van der Waals surface area contributed by atoms with E-state index in [0.717, 1.165) is 22.1 Å². The molecular formula is C12H11N5S. The van der Waals surface area contributed by atoms with E-state index < -0.39 is 0 Å². The van der Waals surface area contributed by atoms with Crippen molar-refractivity contribution < 1.29 is 0 Å². The summed E-state index contributed by atoms with van der Waals surface area (Å²) in [6.07, 6.45) is 3.74. The van der Waals surface area contributed by atoms with Gasteiger partial charge in [0.25, 0.3) is 0 Å². The van der Waals surface area contributed by atoms with Crippen molar-refractivity contribution in [3.05, 3.63) is 48.3 Å². The van der Waals surface area contributed by atoms with Crippen LogP contribution in [-0.4, -0.2) is 19.6 Å². The third-order valence-corrected chi connectivity index (χ3v) is 3.51. The van der Waals surface area contributed by atoms with Gasteiger partial charge < -0.3 is 5.73 Å². The van der Waals surface area contributed by atoms with Crippen molar-refractivity contribution in [2.45, 2.75) is 10.9 Å². The van der Waals surface area contributed by atoms with Gasteiger partial charge in [-0.3, -0.25) is 4.40 Å². The molecule has 0 aliphatic heterocycles. The molecule has 90 valence electrons. The minimum atomic E-state index is 0.539. The average Bonchev–Trinajstić information content (AvgIpc) is 2.82. The summed E-state index contributed by atoms with van der Waals surface area (Å²) in [5, 5.41) is 9.14. The molecule has 18 heavy (non-hydrogen) atoms. The Morgan fingerprint density at radius 3 is 2.94 bits per heavy atom. The van der Waals surface area contributed by atoms with Gasteiger partial charge in [-0.15, -0.1) is 10.2 Å². The van der Waals surface area contributed by atoms with Crippen LogP contribution in [0.4, 0.5) is 5.82 Å². The zero-order valence-corrected chi connectivity index (χ0v) is 10.3. The summed E-state index contributed by atoms with van der Waals surface area (Å²) in [6.45, 7) is 0. The Labute approximate surface area is 108 Å². The molecule has 2 N–H and O–H groups in total. The molecule has 0 radical (unpaired) electrons. The van der Waals surface area contributed by atoms with E-state index in [-0.39, 0.29) is 0 Å². The average molecular weight is 257 g/mol. The second-order valence-corrected chi connectivity index (χ2v) is 4.73. The van der Waals surface area contributed by atoms with Gasteiger partial charge in [0.1, 0.15) is 5.82 Å². The van der Waals surface area contributed by atoms with Crippen LogP contribution in [-0.2, 0) is 5.75 Å². The number of thioether (sulfide) groups is 1. The first-order valence-electron chi connectivity index (χ1n) is 5.46. The summed E-state index contributed by atoms with van der Waals surface area (Å²) in [5.41, 5.74) is 7.52. The molecule has 0 unspecified atom stereocenters. The highest BCUT2D eigenvalue weighted by Crippen LogP contribution is 2.21. The third-order valence-electron chi connectivity index (χ3n) is 2.50. The lowest BCUT2D eigenvalue weighted by Gasteiger charge is -2.00. The van der Waals surface area contributed by atoms with Crippen LogP contribution in [0.25, 0.3) is 5.65 Å². The van der Waals surface area contributed by atoms with E-state index in [2.05, 4.69) is 15.2 Å². The van der Waals surface area contributed by atoms with Crippen LogP contribution >= 0.6 is 11.8 Å². The first-order valence-corrected chi connectivity index (χ1v) is 6.44. The Hall–Kier alpha value is -2.08. The zero-order chi connectivity index (χ0) is 12.4. The minimum absolute atomic E-state index is 0.539. The Bertz CT molecular complexity index is 662. The van der Waals surface area contributed by atoms with Gasteiger partial charge in [0.05, 0.1) is 0 Å². The largest absolute Gasteiger partial charge is 0.384 e. The summed E-state index contributed by atoms with van der Waals surface area (Å²) >= 11 is 1.62. The van der Waals surface area contributed by atoms with Crippen LogP contribution < -0.4 is 5.73 Å².